The van der Waals surface area contributed by atoms with Gasteiger partial charge in [0.05, 0.1) is 17.8 Å². The molecule has 1 aromatic carbocycles. The molecule has 0 aliphatic carbocycles. The minimum absolute atomic E-state index is 0.106. The Morgan fingerprint density at radius 1 is 1.23 bits per heavy atom. The Balaban J connectivity index is 1.99. The fraction of sp³-hybridized carbons (Fsp3) is 0.375. The molecule has 2 amide bonds. The fourth-order valence-electron chi connectivity index (χ4n) is 2.33. The number of para-hydroxylation sites is 1. The molecule has 0 aliphatic heterocycles. The Kier molecular flexibility index (Phi) is 6.36. The number of aromatic nitrogens is 4. The van der Waals surface area contributed by atoms with E-state index >= 15 is 0 Å². The number of rotatable bonds is 8. The van der Waals surface area contributed by atoms with Crippen molar-refractivity contribution in [1.82, 2.24) is 30.8 Å². The molecule has 0 spiro atoms. The first kappa shape index (κ1) is 19.0. The van der Waals surface area contributed by atoms with E-state index in [1.54, 1.807) is 24.3 Å². The van der Waals surface area contributed by atoms with Gasteiger partial charge in [-0.15, -0.1) is 5.10 Å². The Hall–Kier alpha value is -3.30. The van der Waals surface area contributed by atoms with Crippen molar-refractivity contribution in [2.24, 2.45) is 5.92 Å². The number of amides is 2. The maximum Gasteiger partial charge on any atom is 0.326 e. The standard InChI is InChI=1S/C16H20N6O4/c1-10(2)7-12(16(25)26)19-14(23)8-17-15(24)11-5-3-4-6-13(11)22-9-18-20-21-22/h3-6,9-10,12H,7-8H2,1-2H3,(H,17,24)(H,19,23)(H,25,26)/t12-/m0/s1. The van der Waals surface area contributed by atoms with Gasteiger partial charge in [-0.2, -0.15) is 4.68 Å². The predicted molar refractivity (Wildman–Crippen MR) is 90.5 cm³/mol. The average Bonchev–Trinajstić information content (AvgIpc) is 3.13. The van der Waals surface area contributed by atoms with Crippen molar-refractivity contribution in [2.45, 2.75) is 26.3 Å². The Morgan fingerprint density at radius 3 is 2.58 bits per heavy atom. The summed E-state index contributed by atoms with van der Waals surface area (Å²) in [6.45, 7) is 3.38. The SMILES string of the molecule is CC(C)C[C@H](NC(=O)CNC(=O)c1ccccc1-n1cnnn1)C(=O)O. The van der Waals surface area contributed by atoms with Crippen LogP contribution < -0.4 is 10.6 Å². The van der Waals surface area contributed by atoms with Crippen LogP contribution in [-0.2, 0) is 9.59 Å². The summed E-state index contributed by atoms with van der Waals surface area (Å²) in [6.07, 6.45) is 1.65. The third-order valence-corrected chi connectivity index (χ3v) is 3.49. The van der Waals surface area contributed by atoms with E-state index in [1.165, 1.54) is 11.0 Å². The highest BCUT2D eigenvalue weighted by atomic mass is 16.4. The van der Waals surface area contributed by atoms with Crippen LogP contribution in [0.15, 0.2) is 30.6 Å². The summed E-state index contributed by atoms with van der Waals surface area (Å²) in [7, 11) is 0. The number of nitrogens with zero attached hydrogens (tertiary/aromatic N) is 4. The number of hydrogen-bond acceptors (Lipinski definition) is 6. The van der Waals surface area contributed by atoms with E-state index in [9.17, 15) is 14.4 Å². The molecule has 2 aromatic rings. The van der Waals surface area contributed by atoms with Gasteiger partial charge in [-0.1, -0.05) is 26.0 Å². The van der Waals surface area contributed by atoms with Crippen molar-refractivity contribution in [3.05, 3.63) is 36.2 Å². The molecule has 2 rings (SSSR count). The smallest absolute Gasteiger partial charge is 0.326 e. The summed E-state index contributed by atoms with van der Waals surface area (Å²) in [5.41, 5.74) is 0.739. The number of tetrazole rings is 1. The third-order valence-electron chi connectivity index (χ3n) is 3.49. The van der Waals surface area contributed by atoms with E-state index in [2.05, 4.69) is 26.2 Å². The number of carboxylic acid groups (broad SMARTS) is 1. The molecule has 3 N–H and O–H groups in total. The van der Waals surface area contributed by atoms with Gasteiger partial charge in [-0.3, -0.25) is 9.59 Å². The molecule has 0 fully saturated rings. The van der Waals surface area contributed by atoms with Gasteiger partial charge in [-0.05, 0) is 34.9 Å². The van der Waals surface area contributed by atoms with Gasteiger partial charge in [0.2, 0.25) is 5.91 Å². The van der Waals surface area contributed by atoms with E-state index < -0.39 is 23.8 Å². The highest BCUT2D eigenvalue weighted by Gasteiger charge is 2.21. The van der Waals surface area contributed by atoms with Crippen LogP contribution in [0.3, 0.4) is 0 Å². The lowest BCUT2D eigenvalue weighted by Gasteiger charge is -2.16. The minimum atomic E-state index is -1.11. The first-order chi connectivity index (χ1) is 12.4. The van der Waals surface area contributed by atoms with E-state index in [1.807, 2.05) is 13.8 Å². The summed E-state index contributed by atoms with van der Waals surface area (Å²) < 4.78 is 1.33. The molecule has 10 heteroatoms. The minimum Gasteiger partial charge on any atom is -0.480 e. The third kappa shape index (κ3) is 5.10. The molecule has 0 saturated heterocycles. The van der Waals surface area contributed by atoms with Gasteiger partial charge in [0.1, 0.15) is 12.4 Å². The van der Waals surface area contributed by atoms with Crippen LogP contribution in [0.2, 0.25) is 0 Å². The van der Waals surface area contributed by atoms with Crippen LogP contribution in [0.25, 0.3) is 5.69 Å². The summed E-state index contributed by atoms with van der Waals surface area (Å²) >= 11 is 0. The molecule has 1 heterocycles. The van der Waals surface area contributed by atoms with Crippen molar-refractivity contribution < 1.29 is 19.5 Å². The maximum absolute atomic E-state index is 12.4. The summed E-state index contributed by atoms with van der Waals surface area (Å²) in [5.74, 6) is -2.08. The molecular weight excluding hydrogens is 340 g/mol. The topological polar surface area (TPSA) is 139 Å². The quantitative estimate of drug-likeness (QED) is 0.602. The first-order valence-electron chi connectivity index (χ1n) is 8.01. The van der Waals surface area contributed by atoms with Gasteiger partial charge >= 0.3 is 5.97 Å². The largest absolute Gasteiger partial charge is 0.480 e. The van der Waals surface area contributed by atoms with Crippen LogP contribution in [0, 0.1) is 5.92 Å². The van der Waals surface area contributed by atoms with E-state index in [-0.39, 0.29) is 18.0 Å². The molecule has 0 bridgehead atoms. The number of carbonyl (C=O) groups is 3. The van der Waals surface area contributed by atoms with Crippen molar-refractivity contribution in [1.29, 1.82) is 0 Å². The van der Waals surface area contributed by atoms with E-state index in [0.29, 0.717) is 12.1 Å². The van der Waals surface area contributed by atoms with Crippen molar-refractivity contribution in [3.63, 3.8) is 0 Å². The number of aliphatic carboxylic acids is 1. The molecule has 0 radical (unpaired) electrons. The summed E-state index contributed by atoms with van der Waals surface area (Å²) in [4.78, 5) is 35.5. The zero-order valence-electron chi connectivity index (χ0n) is 14.4. The van der Waals surface area contributed by atoms with Crippen LogP contribution in [0.5, 0.6) is 0 Å². The zero-order valence-corrected chi connectivity index (χ0v) is 14.4. The van der Waals surface area contributed by atoms with Crippen molar-refractivity contribution in [3.8, 4) is 5.69 Å². The van der Waals surface area contributed by atoms with Gasteiger partial charge in [-0.25, -0.2) is 4.79 Å². The molecule has 10 nitrogen and oxygen atoms in total. The van der Waals surface area contributed by atoms with E-state index in [4.69, 9.17) is 5.11 Å². The summed E-state index contributed by atoms with van der Waals surface area (Å²) in [6, 6.07) is 5.64. The molecule has 0 aliphatic rings. The predicted octanol–water partition coefficient (Wildman–Crippen LogP) is 0.00760. The molecule has 26 heavy (non-hydrogen) atoms. The van der Waals surface area contributed by atoms with Crippen LogP contribution in [0.4, 0.5) is 0 Å². The molecule has 138 valence electrons. The lowest BCUT2D eigenvalue weighted by Crippen LogP contribution is -2.46. The highest BCUT2D eigenvalue weighted by molar-refractivity contribution is 5.99. The van der Waals surface area contributed by atoms with Gasteiger partial charge in [0.15, 0.2) is 0 Å². The Morgan fingerprint density at radius 2 is 1.96 bits per heavy atom. The lowest BCUT2D eigenvalue weighted by molar-refractivity contribution is -0.142. The van der Waals surface area contributed by atoms with Gasteiger partial charge < -0.3 is 15.7 Å². The van der Waals surface area contributed by atoms with Gasteiger partial charge in [0, 0.05) is 0 Å². The highest BCUT2D eigenvalue weighted by Crippen LogP contribution is 2.12. The number of carbonyl (C=O) groups excluding carboxylic acids is 2. The van der Waals surface area contributed by atoms with Crippen LogP contribution >= 0.6 is 0 Å². The second kappa shape index (κ2) is 8.70. The Bertz CT molecular complexity index is 775. The monoisotopic (exact) mass is 360 g/mol. The van der Waals surface area contributed by atoms with Crippen molar-refractivity contribution in [2.75, 3.05) is 6.54 Å². The van der Waals surface area contributed by atoms with Crippen LogP contribution in [0.1, 0.15) is 30.6 Å². The second-order valence-corrected chi connectivity index (χ2v) is 6.04. The van der Waals surface area contributed by atoms with Crippen LogP contribution in [-0.4, -0.2) is 55.7 Å². The number of benzene rings is 1. The zero-order chi connectivity index (χ0) is 19.1. The lowest BCUT2D eigenvalue weighted by atomic mass is 10.0. The fourth-order valence-corrected chi connectivity index (χ4v) is 2.33. The molecule has 1 aromatic heterocycles. The average molecular weight is 360 g/mol. The molecular formula is C16H20N6O4. The van der Waals surface area contributed by atoms with Gasteiger partial charge in [0.25, 0.3) is 5.91 Å². The molecule has 0 unspecified atom stereocenters. The first-order valence-corrected chi connectivity index (χ1v) is 8.01. The van der Waals surface area contributed by atoms with Crippen molar-refractivity contribution >= 4 is 17.8 Å². The number of hydrogen-bond donors (Lipinski definition) is 3. The summed E-state index contributed by atoms with van der Waals surface area (Å²) in [5, 5.41) is 24.8. The van der Waals surface area contributed by atoms with E-state index in [0.717, 1.165) is 0 Å². The second-order valence-electron chi connectivity index (χ2n) is 6.04. The maximum atomic E-state index is 12.4. The number of nitrogens with one attached hydrogen (secondary N) is 2. The Labute approximate surface area is 149 Å². The molecule has 0 saturated carbocycles. The number of carboxylic acids is 1. The molecule has 1 atom stereocenters. The normalized spacial score (nSPS) is 11.8.